The van der Waals surface area contributed by atoms with Crippen LogP contribution < -0.4 is 0 Å². The molecule has 0 fully saturated rings. The van der Waals surface area contributed by atoms with E-state index in [1.165, 1.54) is 15.8 Å². The number of fused-ring (bicyclic) bond motifs is 3. The van der Waals surface area contributed by atoms with E-state index in [2.05, 4.69) is 51.2 Å². The summed E-state index contributed by atoms with van der Waals surface area (Å²) < 4.78 is 9.22. The van der Waals surface area contributed by atoms with Crippen LogP contribution in [0.5, 0.6) is 0 Å². The maximum absolute atomic E-state index is 5.89. The summed E-state index contributed by atoms with van der Waals surface area (Å²) in [6.45, 7) is 4.03. The number of thiophene rings is 1. The third kappa shape index (κ3) is 2.93. The SMILES string of the molecule is Cc1ccc(-c2nc(CSc3nncn4c3cc3sccc34)c(C)o2)cc1. The fourth-order valence-electron chi connectivity index (χ4n) is 3.04. The first-order chi connectivity index (χ1) is 13.2. The second kappa shape index (κ2) is 6.51. The first-order valence-electron chi connectivity index (χ1n) is 8.55. The number of oxazole rings is 1. The van der Waals surface area contributed by atoms with Crippen LogP contribution in [0.2, 0.25) is 0 Å². The van der Waals surface area contributed by atoms with Gasteiger partial charge in [0.25, 0.3) is 0 Å². The monoisotopic (exact) mass is 392 g/mol. The summed E-state index contributed by atoms with van der Waals surface area (Å²) in [7, 11) is 0. The van der Waals surface area contributed by atoms with E-state index in [1.54, 1.807) is 29.4 Å². The lowest BCUT2D eigenvalue weighted by atomic mass is 10.1. The molecule has 0 aliphatic carbocycles. The molecule has 0 bridgehead atoms. The zero-order valence-electron chi connectivity index (χ0n) is 14.8. The molecule has 1 aromatic carbocycles. The minimum Gasteiger partial charge on any atom is -0.441 e. The fourth-order valence-corrected chi connectivity index (χ4v) is 4.80. The van der Waals surface area contributed by atoms with Crippen LogP contribution in [0.3, 0.4) is 0 Å². The van der Waals surface area contributed by atoms with Crippen molar-refractivity contribution in [2.45, 2.75) is 24.6 Å². The first kappa shape index (κ1) is 16.5. The van der Waals surface area contributed by atoms with Gasteiger partial charge in [0.05, 0.1) is 21.4 Å². The number of nitrogens with zero attached hydrogens (tertiary/aromatic N) is 4. The molecular weight excluding hydrogens is 376 g/mol. The van der Waals surface area contributed by atoms with E-state index in [0.717, 1.165) is 27.6 Å². The maximum atomic E-state index is 5.89. The molecule has 27 heavy (non-hydrogen) atoms. The Labute approximate surface area is 164 Å². The van der Waals surface area contributed by atoms with Gasteiger partial charge >= 0.3 is 0 Å². The van der Waals surface area contributed by atoms with Gasteiger partial charge in [0.2, 0.25) is 5.89 Å². The lowest BCUT2D eigenvalue weighted by Gasteiger charge is -2.01. The van der Waals surface area contributed by atoms with Gasteiger partial charge in [0.15, 0.2) is 0 Å². The van der Waals surface area contributed by atoms with Gasteiger partial charge in [-0.2, -0.15) is 0 Å². The smallest absolute Gasteiger partial charge is 0.226 e. The number of thioether (sulfide) groups is 1. The Morgan fingerprint density at radius 2 is 1.96 bits per heavy atom. The number of hydrogen-bond acceptors (Lipinski definition) is 6. The molecule has 0 aliphatic heterocycles. The topological polar surface area (TPSA) is 56.2 Å². The third-order valence-electron chi connectivity index (χ3n) is 4.53. The van der Waals surface area contributed by atoms with E-state index in [4.69, 9.17) is 9.40 Å². The van der Waals surface area contributed by atoms with Gasteiger partial charge in [-0.3, -0.25) is 4.40 Å². The van der Waals surface area contributed by atoms with Crippen molar-refractivity contribution in [3.63, 3.8) is 0 Å². The van der Waals surface area contributed by atoms with Crippen LogP contribution in [0.4, 0.5) is 0 Å². The highest BCUT2D eigenvalue weighted by Gasteiger charge is 2.14. The van der Waals surface area contributed by atoms with Gasteiger partial charge in [-0.1, -0.05) is 29.5 Å². The van der Waals surface area contributed by atoms with E-state index in [9.17, 15) is 0 Å². The molecule has 5 aromatic rings. The third-order valence-corrected chi connectivity index (χ3v) is 6.37. The molecule has 0 amide bonds. The van der Waals surface area contributed by atoms with Gasteiger partial charge in [-0.05, 0) is 43.5 Å². The van der Waals surface area contributed by atoms with E-state index in [1.807, 2.05) is 19.1 Å². The molecule has 7 heteroatoms. The number of aromatic nitrogens is 4. The summed E-state index contributed by atoms with van der Waals surface area (Å²) in [6.07, 6.45) is 1.77. The molecular formula is C20H16N4OS2. The van der Waals surface area contributed by atoms with E-state index >= 15 is 0 Å². The van der Waals surface area contributed by atoms with Crippen LogP contribution in [0.15, 0.2) is 57.5 Å². The molecule has 134 valence electrons. The maximum Gasteiger partial charge on any atom is 0.226 e. The standard InChI is InChI=1S/C20H16N4OS2/c1-12-3-5-14(6-4-12)19-22-15(13(2)25-19)10-27-20-17-9-18-16(7-8-26-18)24(17)11-21-23-20/h3-9,11H,10H2,1-2H3. The molecule has 0 unspecified atom stereocenters. The zero-order valence-corrected chi connectivity index (χ0v) is 16.5. The van der Waals surface area contributed by atoms with Gasteiger partial charge in [-0.25, -0.2) is 4.98 Å². The van der Waals surface area contributed by atoms with Crippen molar-refractivity contribution in [1.82, 2.24) is 19.6 Å². The Kier molecular flexibility index (Phi) is 3.98. The summed E-state index contributed by atoms with van der Waals surface area (Å²) in [5, 5.41) is 11.5. The average molecular weight is 393 g/mol. The predicted octanol–water partition coefficient (Wildman–Crippen LogP) is 5.51. The number of hydrogen-bond donors (Lipinski definition) is 0. The van der Waals surface area contributed by atoms with Crippen molar-refractivity contribution in [2.75, 3.05) is 0 Å². The zero-order chi connectivity index (χ0) is 18.4. The van der Waals surface area contributed by atoms with Crippen LogP contribution >= 0.6 is 23.1 Å². The minimum absolute atomic E-state index is 0.663. The van der Waals surface area contributed by atoms with E-state index in [0.29, 0.717) is 11.6 Å². The largest absolute Gasteiger partial charge is 0.441 e. The average Bonchev–Trinajstić information content (AvgIpc) is 3.35. The molecule has 0 spiro atoms. The van der Waals surface area contributed by atoms with E-state index < -0.39 is 0 Å². The summed E-state index contributed by atoms with van der Waals surface area (Å²) in [4.78, 5) is 4.70. The lowest BCUT2D eigenvalue weighted by Crippen LogP contribution is -1.94. The van der Waals surface area contributed by atoms with Crippen molar-refractivity contribution in [3.8, 4) is 11.5 Å². The van der Waals surface area contributed by atoms with Crippen molar-refractivity contribution in [1.29, 1.82) is 0 Å². The van der Waals surface area contributed by atoms with Crippen molar-refractivity contribution >= 4 is 38.8 Å². The lowest BCUT2D eigenvalue weighted by molar-refractivity contribution is 0.540. The Morgan fingerprint density at radius 3 is 2.81 bits per heavy atom. The summed E-state index contributed by atoms with van der Waals surface area (Å²) >= 11 is 3.36. The van der Waals surface area contributed by atoms with Gasteiger partial charge in [0.1, 0.15) is 17.1 Å². The quantitative estimate of drug-likeness (QED) is 0.378. The van der Waals surface area contributed by atoms with Crippen molar-refractivity contribution < 1.29 is 4.42 Å². The Bertz CT molecular complexity index is 1250. The normalized spacial score (nSPS) is 11.6. The Morgan fingerprint density at radius 1 is 1.11 bits per heavy atom. The number of rotatable bonds is 4. The summed E-state index contributed by atoms with van der Waals surface area (Å²) in [6, 6.07) is 12.5. The van der Waals surface area contributed by atoms with Crippen LogP contribution in [0.25, 0.3) is 27.2 Å². The second-order valence-corrected chi connectivity index (χ2v) is 8.29. The Balaban J connectivity index is 1.43. The second-order valence-electron chi connectivity index (χ2n) is 6.38. The molecule has 0 saturated heterocycles. The van der Waals surface area contributed by atoms with Crippen molar-refractivity contribution in [2.24, 2.45) is 0 Å². The first-order valence-corrected chi connectivity index (χ1v) is 10.4. The molecule has 0 atom stereocenters. The molecule has 0 radical (unpaired) electrons. The predicted molar refractivity (Wildman–Crippen MR) is 109 cm³/mol. The molecule has 4 aromatic heterocycles. The number of benzene rings is 1. The summed E-state index contributed by atoms with van der Waals surface area (Å²) in [5.74, 6) is 2.19. The molecule has 5 rings (SSSR count). The van der Waals surface area contributed by atoms with Crippen LogP contribution in [-0.2, 0) is 5.75 Å². The highest BCUT2D eigenvalue weighted by atomic mass is 32.2. The molecule has 4 heterocycles. The highest BCUT2D eigenvalue weighted by molar-refractivity contribution is 7.98. The molecule has 0 N–H and O–H groups in total. The molecule has 5 nitrogen and oxygen atoms in total. The van der Waals surface area contributed by atoms with Gasteiger partial charge < -0.3 is 4.42 Å². The van der Waals surface area contributed by atoms with Gasteiger partial charge in [-0.15, -0.1) is 21.5 Å². The summed E-state index contributed by atoms with van der Waals surface area (Å²) in [5.41, 5.74) is 5.40. The van der Waals surface area contributed by atoms with Gasteiger partial charge in [0, 0.05) is 11.3 Å². The minimum atomic E-state index is 0.663. The number of aryl methyl sites for hydroxylation is 2. The molecule has 0 saturated carbocycles. The van der Waals surface area contributed by atoms with E-state index in [-0.39, 0.29) is 0 Å². The highest BCUT2D eigenvalue weighted by Crippen LogP contribution is 2.32. The fraction of sp³-hybridized carbons (Fsp3) is 0.150. The molecule has 0 aliphatic rings. The Hall–Kier alpha value is -2.64. The van der Waals surface area contributed by atoms with Crippen molar-refractivity contribution in [3.05, 3.63) is 65.1 Å². The van der Waals surface area contributed by atoms with Crippen LogP contribution in [0, 0.1) is 13.8 Å². The van der Waals surface area contributed by atoms with Crippen LogP contribution in [-0.4, -0.2) is 19.6 Å². The van der Waals surface area contributed by atoms with Crippen LogP contribution in [0.1, 0.15) is 17.0 Å².